The van der Waals surface area contributed by atoms with Crippen molar-refractivity contribution in [1.82, 2.24) is 15.0 Å². The predicted molar refractivity (Wildman–Crippen MR) is 125 cm³/mol. The normalized spacial score (nSPS) is 28.4. The lowest BCUT2D eigenvalue weighted by molar-refractivity contribution is -0.0156. The van der Waals surface area contributed by atoms with Gasteiger partial charge < -0.3 is 19.5 Å². The van der Waals surface area contributed by atoms with E-state index in [0.717, 1.165) is 31.2 Å². The summed E-state index contributed by atoms with van der Waals surface area (Å²) in [7, 11) is 0. The molecule has 2 aromatic rings. The van der Waals surface area contributed by atoms with Crippen molar-refractivity contribution >= 4 is 11.7 Å². The lowest BCUT2D eigenvalue weighted by Gasteiger charge is -2.37. The molecule has 4 fully saturated rings. The van der Waals surface area contributed by atoms with Gasteiger partial charge in [0, 0.05) is 24.4 Å². The molecule has 9 heteroatoms. The van der Waals surface area contributed by atoms with Crippen LogP contribution in [0.15, 0.2) is 22.7 Å². The number of para-hydroxylation sites is 1. The monoisotopic (exact) mass is 479 g/mol. The van der Waals surface area contributed by atoms with E-state index in [4.69, 9.17) is 9.26 Å². The Bertz CT molecular complexity index is 1170. The number of alkyl halides is 1. The third kappa shape index (κ3) is 4.18. The Labute approximate surface area is 203 Å². The van der Waals surface area contributed by atoms with E-state index >= 15 is 0 Å². The number of nitrogens with zero attached hydrogens (tertiary/aromatic N) is 4. The Balaban J connectivity index is 1.13. The number of piperidine rings is 1. The van der Waals surface area contributed by atoms with Crippen LogP contribution in [-0.2, 0) is 10.2 Å². The molecule has 2 saturated carbocycles. The van der Waals surface area contributed by atoms with Crippen molar-refractivity contribution < 1.29 is 18.4 Å². The molecule has 6 rings (SSSR count). The van der Waals surface area contributed by atoms with Gasteiger partial charge in [-0.3, -0.25) is 0 Å². The number of nitrogens with one attached hydrogen (secondary N) is 1. The van der Waals surface area contributed by atoms with Crippen LogP contribution in [0.2, 0.25) is 0 Å². The van der Waals surface area contributed by atoms with Gasteiger partial charge in [0.05, 0.1) is 29.4 Å². The van der Waals surface area contributed by atoms with Crippen LogP contribution in [-0.4, -0.2) is 52.5 Å². The van der Waals surface area contributed by atoms with Gasteiger partial charge in [-0.25, -0.2) is 9.18 Å². The van der Waals surface area contributed by atoms with Crippen LogP contribution in [0, 0.1) is 11.3 Å². The Hall–Kier alpha value is -2.99. The number of amides is 2. The van der Waals surface area contributed by atoms with E-state index in [0.29, 0.717) is 61.9 Å². The fraction of sp³-hybridized carbons (Fsp3) is 0.615. The number of carbonyl (C=O) groups is 1. The smallest absolute Gasteiger partial charge is 0.321 e. The van der Waals surface area contributed by atoms with Crippen molar-refractivity contribution in [3.05, 3.63) is 41.0 Å². The first-order chi connectivity index (χ1) is 16.9. The highest BCUT2D eigenvalue weighted by atomic mass is 19.1. The zero-order valence-corrected chi connectivity index (χ0v) is 19.9. The molecular weight excluding hydrogens is 449 g/mol. The van der Waals surface area contributed by atoms with E-state index in [-0.39, 0.29) is 28.9 Å². The molecule has 1 aromatic carbocycles. The average Bonchev–Trinajstić information content (AvgIpc) is 3.74. The summed E-state index contributed by atoms with van der Waals surface area (Å²) < 4.78 is 24.8. The number of ether oxygens (including phenoxy) is 1. The van der Waals surface area contributed by atoms with E-state index in [1.807, 2.05) is 12.1 Å². The number of aromatic nitrogens is 2. The van der Waals surface area contributed by atoms with Crippen LogP contribution < -0.4 is 5.32 Å². The topological polar surface area (TPSA) is 104 Å². The third-order valence-electron chi connectivity index (χ3n) is 8.40. The van der Waals surface area contributed by atoms with Gasteiger partial charge in [0.25, 0.3) is 0 Å². The molecule has 1 spiro atoms. The molecule has 2 aliphatic heterocycles. The van der Waals surface area contributed by atoms with Gasteiger partial charge in [-0.15, -0.1) is 0 Å². The van der Waals surface area contributed by atoms with Crippen LogP contribution in [0.4, 0.5) is 14.9 Å². The van der Waals surface area contributed by atoms with E-state index in [9.17, 15) is 14.4 Å². The Morgan fingerprint density at radius 3 is 2.66 bits per heavy atom. The summed E-state index contributed by atoms with van der Waals surface area (Å²) in [6, 6.07) is 7.65. The summed E-state index contributed by atoms with van der Waals surface area (Å²) >= 11 is 0. The second-order valence-corrected chi connectivity index (χ2v) is 10.9. The first-order valence-electron chi connectivity index (χ1n) is 12.6. The molecule has 3 heterocycles. The van der Waals surface area contributed by atoms with Gasteiger partial charge in [0.2, 0.25) is 5.89 Å². The van der Waals surface area contributed by atoms with E-state index in [1.54, 1.807) is 11.0 Å². The molecule has 184 valence electrons. The third-order valence-corrected chi connectivity index (χ3v) is 8.40. The minimum atomic E-state index is -0.877. The number of hydrogen-bond donors (Lipinski definition) is 1. The number of anilines is 1. The molecule has 0 radical (unpaired) electrons. The molecular formula is C26H30FN5O3. The summed E-state index contributed by atoms with van der Waals surface area (Å²) in [5, 5.41) is 16.9. The first-order valence-corrected chi connectivity index (χ1v) is 12.6. The largest absolute Gasteiger partial charge is 0.374 e. The summed E-state index contributed by atoms with van der Waals surface area (Å²) in [4.78, 5) is 19.5. The van der Waals surface area contributed by atoms with Gasteiger partial charge in [-0.05, 0) is 56.6 Å². The van der Waals surface area contributed by atoms with Crippen molar-refractivity contribution in [1.29, 1.82) is 5.26 Å². The van der Waals surface area contributed by atoms with Crippen molar-refractivity contribution in [2.45, 2.75) is 80.9 Å². The zero-order chi connectivity index (χ0) is 24.2. The van der Waals surface area contributed by atoms with Crippen LogP contribution in [0.3, 0.4) is 0 Å². The Morgan fingerprint density at radius 1 is 1.26 bits per heavy atom. The summed E-state index contributed by atoms with van der Waals surface area (Å²) in [5.41, 5.74) is 1.81. The van der Waals surface area contributed by atoms with Gasteiger partial charge in [-0.2, -0.15) is 10.2 Å². The molecule has 1 aromatic heterocycles. The van der Waals surface area contributed by atoms with Gasteiger partial charge >= 0.3 is 6.03 Å². The van der Waals surface area contributed by atoms with E-state index in [2.05, 4.69) is 28.5 Å². The maximum Gasteiger partial charge on any atom is 0.321 e. The highest BCUT2D eigenvalue weighted by Gasteiger charge is 2.47. The predicted octanol–water partition coefficient (Wildman–Crippen LogP) is 4.78. The number of benzene rings is 1. The molecule has 2 saturated heterocycles. The van der Waals surface area contributed by atoms with E-state index < -0.39 is 6.17 Å². The number of nitriles is 1. The average molecular weight is 480 g/mol. The SMILES string of the molecule is CC1(c2noc([C@@H]3C[C@@H]3F)n2)CCN(C(=O)Nc2c(C#N)cccc2C2CCC3(CC3)OC2)CC1. The second-order valence-electron chi connectivity index (χ2n) is 10.9. The highest BCUT2D eigenvalue weighted by molar-refractivity contribution is 5.92. The van der Waals surface area contributed by atoms with Gasteiger partial charge in [-0.1, -0.05) is 24.2 Å². The molecule has 0 bridgehead atoms. The lowest BCUT2D eigenvalue weighted by atomic mass is 9.79. The summed E-state index contributed by atoms with van der Waals surface area (Å²) in [5.74, 6) is 0.880. The summed E-state index contributed by atoms with van der Waals surface area (Å²) in [6.45, 7) is 3.74. The zero-order valence-electron chi connectivity index (χ0n) is 19.9. The van der Waals surface area contributed by atoms with Crippen LogP contribution in [0.1, 0.15) is 86.5 Å². The fourth-order valence-corrected chi connectivity index (χ4v) is 5.46. The molecule has 1 N–H and O–H groups in total. The first kappa shape index (κ1) is 22.5. The number of halogens is 1. The number of urea groups is 1. The molecule has 3 atom stereocenters. The number of likely N-dealkylation sites (tertiary alicyclic amines) is 1. The fourth-order valence-electron chi connectivity index (χ4n) is 5.46. The number of hydrogen-bond acceptors (Lipinski definition) is 6. The maximum absolute atomic E-state index is 13.4. The summed E-state index contributed by atoms with van der Waals surface area (Å²) in [6.07, 6.45) is 5.22. The molecule has 2 aliphatic carbocycles. The van der Waals surface area contributed by atoms with Crippen LogP contribution >= 0.6 is 0 Å². The number of carbonyl (C=O) groups excluding carboxylic acids is 1. The van der Waals surface area contributed by atoms with E-state index in [1.165, 1.54) is 0 Å². The number of rotatable bonds is 4. The Kier molecular flexibility index (Phi) is 5.33. The van der Waals surface area contributed by atoms with Crippen molar-refractivity contribution in [3.8, 4) is 6.07 Å². The molecule has 2 amide bonds. The van der Waals surface area contributed by atoms with Crippen molar-refractivity contribution in [2.75, 3.05) is 25.0 Å². The molecule has 1 unspecified atom stereocenters. The standard InChI is InChI=1S/C26H30FN5O3/c1-25(23-30-22(35-31-23)19-13-20(19)27)9-11-32(12-10-25)24(33)29-21-16(14-28)3-2-4-18(21)17-5-6-26(7-8-26)34-15-17/h2-4,17,19-20H,5-13,15H2,1H3,(H,29,33)/t17?,19-,20+/m1/s1. The maximum atomic E-state index is 13.4. The molecule has 4 aliphatic rings. The van der Waals surface area contributed by atoms with Crippen molar-refractivity contribution in [3.63, 3.8) is 0 Å². The second kappa shape index (κ2) is 8.30. The quantitative estimate of drug-likeness (QED) is 0.677. The van der Waals surface area contributed by atoms with Gasteiger partial charge in [0.1, 0.15) is 12.2 Å². The van der Waals surface area contributed by atoms with Gasteiger partial charge in [0.15, 0.2) is 5.82 Å². The minimum absolute atomic E-state index is 0.0961. The minimum Gasteiger partial charge on any atom is -0.374 e. The van der Waals surface area contributed by atoms with Crippen LogP contribution in [0.5, 0.6) is 0 Å². The van der Waals surface area contributed by atoms with Crippen LogP contribution in [0.25, 0.3) is 0 Å². The lowest BCUT2D eigenvalue weighted by Crippen LogP contribution is -2.46. The highest BCUT2D eigenvalue weighted by Crippen LogP contribution is 2.50. The molecule has 35 heavy (non-hydrogen) atoms. The molecule has 8 nitrogen and oxygen atoms in total. The van der Waals surface area contributed by atoms with Crippen molar-refractivity contribution in [2.24, 2.45) is 0 Å². The Morgan fingerprint density at radius 2 is 2.03 bits per heavy atom.